The monoisotopic (exact) mass is 365 g/mol. The highest BCUT2D eigenvalue weighted by Gasteiger charge is 2.32. The number of rotatable bonds is 7. The van der Waals surface area contributed by atoms with E-state index in [0.29, 0.717) is 32.6 Å². The van der Waals surface area contributed by atoms with Crippen molar-refractivity contribution in [3.05, 3.63) is 35.6 Å². The number of halogens is 1. The molecule has 0 unspecified atom stereocenters. The van der Waals surface area contributed by atoms with Crippen LogP contribution in [0.4, 0.5) is 4.39 Å². The lowest BCUT2D eigenvalue weighted by molar-refractivity contribution is -0.138. The number of piperazine rings is 1. The van der Waals surface area contributed by atoms with Crippen LogP contribution in [0, 0.1) is 5.82 Å². The molecule has 1 heterocycles. The van der Waals surface area contributed by atoms with Crippen molar-refractivity contribution < 1.29 is 19.1 Å². The fourth-order valence-corrected chi connectivity index (χ4v) is 2.88. The van der Waals surface area contributed by atoms with Gasteiger partial charge in [0.1, 0.15) is 5.82 Å². The van der Waals surface area contributed by atoms with Crippen LogP contribution in [0.1, 0.15) is 32.3 Å². The first-order chi connectivity index (χ1) is 12.2. The minimum Gasteiger partial charge on any atom is -0.390 e. The van der Waals surface area contributed by atoms with Gasteiger partial charge in [-0.2, -0.15) is 0 Å². The van der Waals surface area contributed by atoms with Gasteiger partial charge in [0.2, 0.25) is 11.8 Å². The van der Waals surface area contributed by atoms with Crippen molar-refractivity contribution in [2.24, 2.45) is 0 Å². The van der Waals surface area contributed by atoms with Crippen LogP contribution < -0.4 is 5.32 Å². The summed E-state index contributed by atoms with van der Waals surface area (Å²) in [6.07, 6.45) is 0.542. The minimum absolute atomic E-state index is 0.0788. The molecular formula is C19H28FN3O3. The molecule has 0 radical (unpaired) electrons. The number of aliphatic hydroxyl groups is 1. The van der Waals surface area contributed by atoms with Crippen molar-refractivity contribution in [3.63, 3.8) is 0 Å². The number of hydrogen-bond donors (Lipinski definition) is 2. The number of carbonyl (C=O) groups excluding carboxylic acids is 2. The van der Waals surface area contributed by atoms with Crippen LogP contribution in [-0.2, 0) is 16.1 Å². The van der Waals surface area contributed by atoms with Crippen molar-refractivity contribution in [1.29, 1.82) is 0 Å². The number of benzene rings is 1. The molecule has 7 heteroatoms. The van der Waals surface area contributed by atoms with E-state index in [2.05, 4.69) is 5.32 Å². The molecule has 0 bridgehead atoms. The van der Waals surface area contributed by atoms with Gasteiger partial charge in [0, 0.05) is 33.2 Å². The third-order valence-electron chi connectivity index (χ3n) is 4.59. The third kappa shape index (κ3) is 6.07. The highest BCUT2D eigenvalue weighted by Crippen LogP contribution is 2.16. The first-order valence-electron chi connectivity index (χ1n) is 8.88. The largest absolute Gasteiger partial charge is 0.390 e. The van der Waals surface area contributed by atoms with Crippen molar-refractivity contribution in [1.82, 2.24) is 15.1 Å². The molecule has 1 aliphatic heterocycles. The molecule has 26 heavy (non-hydrogen) atoms. The maximum Gasteiger partial charge on any atom is 0.237 e. The first-order valence-corrected chi connectivity index (χ1v) is 8.88. The highest BCUT2D eigenvalue weighted by atomic mass is 19.1. The normalized spacial score (nSPS) is 18.5. The molecule has 1 aromatic rings. The number of hydrogen-bond acceptors (Lipinski definition) is 4. The van der Waals surface area contributed by atoms with Gasteiger partial charge in [0.05, 0.1) is 18.1 Å². The van der Waals surface area contributed by atoms with E-state index in [0.717, 1.165) is 5.56 Å². The number of carbonyl (C=O) groups is 2. The molecule has 0 spiro atoms. The van der Waals surface area contributed by atoms with Crippen LogP contribution >= 0.6 is 0 Å². The van der Waals surface area contributed by atoms with Crippen molar-refractivity contribution in [3.8, 4) is 0 Å². The van der Waals surface area contributed by atoms with Crippen LogP contribution in [0.15, 0.2) is 24.3 Å². The fourth-order valence-electron chi connectivity index (χ4n) is 2.88. The Kier molecular flexibility index (Phi) is 6.72. The van der Waals surface area contributed by atoms with Gasteiger partial charge in [0.25, 0.3) is 0 Å². The maximum absolute atomic E-state index is 13.1. The predicted molar refractivity (Wildman–Crippen MR) is 96.8 cm³/mol. The Labute approximate surface area is 154 Å². The zero-order chi connectivity index (χ0) is 19.3. The smallest absolute Gasteiger partial charge is 0.237 e. The summed E-state index contributed by atoms with van der Waals surface area (Å²) in [6.45, 7) is 5.47. The molecule has 1 saturated heterocycles. The Morgan fingerprint density at radius 1 is 1.38 bits per heavy atom. The quantitative estimate of drug-likeness (QED) is 0.760. The lowest BCUT2D eigenvalue weighted by Gasteiger charge is -2.35. The number of nitrogens with zero attached hydrogens (tertiary/aromatic N) is 2. The summed E-state index contributed by atoms with van der Waals surface area (Å²) < 4.78 is 13.1. The predicted octanol–water partition coefficient (Wildman–Crippen LogP) is 1.14. The minimum atomic E-state index is -0.842. The molecular weight excluding hydrogens is 337 g/mol. The van der Waals surface area contributed by atoms with Crippen LogP contribution in [0.3, 0.4) is 0 Å². The van der Waals surface area contributed by atoms with Gasteiger partial charge in [-0.1, -0.05) is 12.1 Å². The Hall–Kier alpha value is -1.99. The van der Waals surface area contributed by atoms with Gasteiger partial charge in [-0.15, -0.1) is 0 Å². The fraction of sp³-hybridized carbons (Fsp3) is 0.579. The summed E-state index contributed by atoms with van der Waals surface area (Å²) in [6, 6.07) is 5.62. The lowest BCUT2D eigenvalue weighted by atomic mass is 10.0. The summed E-state index contributed by atoms with van der Waals surface area (Å²) in [4.78, 5) is 28.3. The molecule has 1 atom stereocenters. The SMILES string of the molecule is CN(CCC(C)(C)O)C(=O)C[C@H]1C(=O)NCCN1Cc1ccc(F)cc1. The van der Waals surface area contributed by atoms with Crippen molar-refractivity contribution >= 4 is 11.8 Å². The highest BCUT2D eigenvalue weighted by molar-refractivity contribution is 5.88. The number of amides is 2. The van der Waals surface area contributed by atoms with Crippen LogP contribution in [0.2, 0.25) is 0 Å². The second-order valence-electron chi connectivity index (χ2n) is 7.49. The summed E-state index contributed by atoms with van der Waals surface area (Å²) in [5.74, 6) is -0.603. The van der Waals surface area contributed by atoms with Crippen LogP contribution in [-0.4, -0.2) is 65.0 Å². The van der Waals surface area contributed by atoms with Gasteiger partial charge < -0.3 is 15.3 Å². The molecule has 2 rings (SSSR count). The van der Waals surface area contributed by atoms with Gasteiger partial charge in [-0.05, 0) is 38.0 Å². The lowest BCUT2D eigenvalue weighted by Crippen LogP contribution is -2.56. The average molecular weight is 365 g/mol. The Morgan fingerprint density at radius 3 is 2.65 bits per heavy atom. The topological polar surface area (TPSA) is 72.9 Å². The number of nitrogens with one attached hydrogen (secondary N) is 1. The molecule has 1 aromatic carbocycles. The molecule has 0 aromatic heterocycles. The molecule has 2 amide bonds. The molecule has 1 fully saturated rings. The van der Waals surface area contributed by atoms with E-state index >= 15 is 0 Å². The molecule has 0 saturated carbocycles. The molecule has 6 nitrogen and oxygen atoms in total. The van der Waals surface area contributed by atoms with E-state index in [-0.39, 0.29) is 24.1 Å². The van der Waals surface area contributed by atoms with Gasteiger partial charge in [0.15, 0.2) is 0 Å². The maximum atomic E-state index is 13.1. The van der Waals surface area contributed by atoms with Crippen LogP contribution in [0.25, 0.3) is 0 Å². The first kappa shape index (κ1) is 20.3. The van der Waals surface area contributed by atoms with E-state index in [1.807, 2.05) is 4.90 Å². The molecule has 1 aliphatic rings. The summed E-state index contributed by atoms with van der Waals surface area (Å²) in [7, 11) is 1.68. The second kappa shape index (κ2) is 8.60. The summed E-state index contributed by atoms with van der Waals surface area (Å²) >= 11 is 0. The average Bonchev–Trinajstić information content (AvgIpc) is 2.57. The third-order valence-corrected chi connectivity index (χ3v) is 4.59. The van der Waals surface area contributed by atoms with Crippen molar-refractivity contribution in [2.45, 2.75) is 44.9 Å². The van der Waals surface area contributed by atoms with E-state index < -0.39 is 11.6 Å². The van der Waals surface area contributed by atoms with E-state index in [1.54, 1.807) is 37.9 Å². The van der Waals surface area contributed by atoms with Crippen LogP contribution in [0.5, 0.6) is 0 Å². The van der Waals surface area contributed by atoms with E-state index in [1.165, 1.54) is 12.1 Å². The van der Waals surface area contributed by atoms with E-state index in [4.69, 9.17) is 0 Å². The standard InChI is InChI=1S/C19H28FN3O3/c1-19(2,26)8-10-22(3)17(24)12-16-18(25)21-9-11-23(16)13-14-4-6-15(20)7-5-14/h4-7,16,26H,8-13H2,1-3H3,(H,21,25)/t16-/m0/s1. The van der Waals surface area contributed by atoms with Gasteiger partial charge in [-0.25, -0.2) is 4.39 Å². The second-order valence-corrected chi connectivity index (χ2v) is 7.49. The Morgan fingerprint density at radius 2 is 2.04 bits per heavy atom. The molecule has 0 aliphatic carbocycles. The zero-order valence-corrected chi connectivity index (χ0v) is 15.7. The van der Waals surface area contributed by atoms with Gasteiger partial charge in [-0.3, -0.25) is 14.5 Å². The van der Waals surface area contributed by atoms with E-state index in [9.17, 15) is 19.1 Å². The molecule has 2 N–H and O–H groups in total. The zero-order valence-electron chi connectivity index (χ0n) is 15.7. The summed E-state index contributed by atoms with van der Waals surface area (Å²) in [5.41, 5.74) is 0.0553. The van der Waals surface area contributed by atoms with Gasteiger partial charge >= 0.3 is 0 Å². The summed E-state index contributed by atoms with van der Waals surface area (Å²) in [5, 5.41) is 12.6. The molecule has 144 valence electrons. The Bertz CT molecular complexity index is 628. The van der Waals surface area contributed by atoms with Crippen molar-refractivity contribution in [2.75, 3.05) is 26.7 Å². The Balaban J connectivity index is 1.99.